The lowest BCUT2D eigenvalue weighted by Crippen LogP contribution is -2.47. The van der Waals surface area contributed by atoms with Gasteiger partial charge in [0.05, 0.1) is 6.04 Å². The number of fused-ring (bicyclic) bond motifs is 1. The van der Waals surface area contributed by atoms with Crippen LogP contribution in [0.15, 0.2) is 103 Å². The Labute approximate surface area is 208 Å². The van der Waals surface area contributed by atoms with E-state index in [9.17, 15) is 18.4 Å². The van der Waals surface area contributed by atoms with Gasteiger partial charge in [-0.15, -0.1) is 0 Å². The molecule has 1 aliphatic heterocycles. The number of carbonyl (C=O) groups excluding carboxylic acids is 2. The van der Waals surface area contributed by atoms with E-state index in [-0.39, 0.29) is 23.4 Å². The second kappa shape index (κ2) is 9.74. The average Bonchev–Trinajstić information content (AvgIpc) is 2.89. The van der Waals surface area contributed by atoms with Crippen molar-refractivity contribution in [1.29, 1.82) is 0 Å². The largest absolute Gasteiger partial charge is 0.305 e. The summed E-state index contributed by atoms with van der Waals surface area (Å²) in [6.45, 7) is 1.90. The normalized spacial score (nSPS) is 16.8. The molecule has 36 heavy (non-hydrogen) atoms. The number of carbonyl (C=O) groups is 2. The maximum atomic E-state index is 14.3. The molecule has 1 heterocycles. The first-order chi connectivity index (χ1) is 17.4. The predicted molar refractivity (Wildman–Crippen MR) is 136 cm³/mol. The Hall–Kier alpha value is -4.32. The maximum Gasteiger partial charge on any atom is 0.258 e. The highest BCUT2D eigenvalue weighted by atomic mass is 19.1. The Morgan fingerprint density at radius 1 is 0.778 bits per heavy atom. The molecule has 0 bridgehead atoms. The molecule has 0 spiro atoms. The second-order valence-electron chi connectivity index (χ2n) is 8.87. The molecular weight excluding hydrogens is 458 g/mol. The monoisotopic (exact) mass is 482 g/mol. The second-order valence-corrected chi connectivity index (χ2v) is 8.87. The zero-order valence-corrected chi connectivity index (χ0v) is 19.6. The third-order valence-electron chi connectivity index (χ3n) is 6.49. The zero-order chi connectivity index (χ0) is 25.2. The van der Waals surface area contributed by atoms with Crippen LogP contribution in [0.1, 0.15) is 45.7 Å². The fourth-order valence-corrected chi connectivity index (χ4v) is 4.88. The van der Waals surface area contributed by atoms with E-state index < -0.39 is 17.7 Å². The molecule has 1 aliphatic rings. The third kappa shape index (κ3) is 4.38. The van der Waals surface area contributed by atoms with Crippen molar-refractivity contribution in [2.45, 2.75) is 25.4 Å². The van der Waals surface area contributed by atoms with E-state index in [0.29, 0.717) is 23.4 Å². The van der Waals surface area contributed by atoms with E-state index in [1.807, 2.05) is 37.3 Å². The van der Waals surface area contributed by atoms with Gasteiger partial charge >= 0.3 is 0 Å². The Kier molecular flexibility index (Phi) is 6.34. The van der Waals surface area contributed by atoms with E-state index in [1.54, 1.807) is 52.3 Å². The quantitative estimate of drug-likeness (QED) is 0.321. The van der Waals surface area contributed by atoms with Crippen LogP contribution >= 0.6 is 0 Å². The van der Waals surface area contributed by atoms with Crippen LogP contribution in [0.4, 0.5) is 20.2 Å². The molecule has 0 fully saturated rings. The van der Waals surface area contributed by atoms with E-state index >= 15 is 0 Å². The molecule has 4 aromatic carbocycles. The van der Waals surface area contributed by atoms with Gasteiger partial charge in [-0.1, -0.05) is 48.5 Å². The molecule has 0 saturated carbocycles. The van der Waals surface area contributed by atoms with Crippen molar-refractivity contribution in [3.8, 4) is 0 Å². The van der Waals surface area contributed by atoms with Crippen molar-refractivity contribution < 1.29 is 18.4 Å². The Balaban J connectivity index is 1.62. The molecule has 0 saturated heterocycles. The smallest absolute Gasteiger partial charge is 0.258 e. The topological polar surface area (TPSA) is 40.6 Å². The number of para-hydroxylation sites is 1. The molecule has 0 radical (unpaired) electrons. The lowest BCUT2D eigenvalue weighted by atomic mass is 9.89. The van der Waals surface area contributed by atoms with Crippen molar-refractivity contribution in [2.24, 2.45) is 0 Å². The summed E-state index contributed by atoms with van der Waals surface area (Å²) < 4.78 is 28.2. The Bertz CT molecular complexity index is 1420. The van der Waals surface area contributed by atoms with Crippen LogP contribution < -0.4 is 9.80 Å². The Morgan fingerprint density at radius 2 is 1.42 bits per heavy atom. The van der Waals surface area contributed by atoms with Crippen molar-refractivity contribution in [3.05, 3.63) is 131 Å². The van der Waals surface area contributed by atoms with Crippen molar-refractivity contribution in [2.75, 3.05) is 9.80 Å². The van der Waals surface area contributed by atoms with Crippen molar-refractivity contribution in [3.63, 3.8) is 0 Å². The molecule has 2 amide bonds. The molecule has 4 aromatic rings. The van der Waals surface area contributed by atoms with Gasteiger partial charge in [-0.05, 0) is 73.5 Å². The Morgan fingerprint density at radius 3 is 2.14 bits per heavy atom. The average molecular weight is 483 g/mol. The summed E-state index contributed by atoms with van der Waals surface area (Å²) in [6, 6.07) is 27.1. The van der Waals surface area contributed by atoms with Crippen LogP contribution in [-0.4, -0.2) is 17.9 Å². The van der Waals surface area contributed by atoms with Gasteiger partial charge in [-0.3, -0.25) is 9.59 Å². The van der Waals surface area contributed by atoms with Crippen LogP contribution in [-0.2, 0) is 0 Å². The van der Waals surface area contributed by atoms with Gasteiger partial charge in [-0.2, -0.15) is 0 Å². The summed E-state index contributed by atoms with van der Waals surface area (Å²) >= 11 is 0. The first-order valence-corrected chi connectivity index (χ1v) is 11.8. The molecule has 4 nitrogen and oxygen atoms in total. The molecule has 2 unspecified atom stereocenters. The van der Waals surface area contributed by atoms with E-state index in [2.05, 4.69) is 0 Å². The van der Waals surface area contributed by atoms with Crippen molar-refractivity contribution in [1.82, 2.24) is 0 Å². The van der Waals surface area contributed by atoms with Crippen LogP contribution in [0.5, 0.6) is 0 Å². The number of hydrogen-bond acceptors (Lipinski definition) is 2. The number of halogens is 2. The van der Waals surface area contributed by atoms with Crippen LogP contribution in [0, 0.1) is 11.6 Å². The van der Waals surface area contributed by atoms with Gasteiger partial charge in [0.2, 0.25) is 0 Å². The minimum absolute atomic E-state index is 0.248. The number of hydrogen-bond donors (Lipinski definition) is 0. The van der Waals surface area contributed by atoms with Crippen LogP contribution in [0.2, 0.25) is 0 Å². The zero-order valence-electron chi connectivity index (χ0n) is 19.6. The third-order valence-corrected chi connectivity index (χ3v) is 6.49. The number of anilines is 2. The SMILES string of the molecule is CC1CC(N(C(=O)c2ccccc2)c2cccc(F)c2)c2ccccc2N1C(=O)c1cccc(F)c1. The summed E-state index contributed by atoms with van der Waals surface area (Å²) in [4.78, 5) is 30.6. The van der Waals surface area contributed by atoms with Gasteiger partial charge in [0.25, 0.3) is 11.8 Å². The number of benzene rings is 4. The molecule has 5 rings (SSSR count). The van der Waals surface area contributed by atoms with Gasteiger partial charge in [0.1, 0.15) is 11.6 Å². The number of rotatable bonds is 4. The highest BCUT2D eigenvalue weighted by Gasteiger charge is 2.39. The minimum Gasteiger partial charge on any atom is -0.305 e. The summed E-state index contributed by atoms with van der Waals surface area (Å²) in [5.41, 5.74) is 2.55. The first kappa shape index (κ1) is 23.4. The molecule has 0 N–H and O–H groups in total. The first-order valence-electron chi connectivity index (χ1n) is 11.8. The molecule has 6 heteroatoms. The summed E-state index contributed by atoms with van der Waals surface area (Å²) in [5.74, 6) is -1.52. The van der Waals surface area contributed by atoms with Crippen LogP contribution in [0.25, 0.3) is 0 Å². The van der Waals surface area contributed by atoms with Gasteiger partial charge in [0.15, 0.2) is 0 Å². The van der Waals surface area contributed by atoms with Gasteiger partial charge in [0, 0.05) is 28.5 Å². The van der Waals surface area contributed by atoms with E-state index in [4.69, 9.17) is 0 Å². The summed E-state index contributed by atoms with van der Waals surface area (Å²) in [6.07, 6.45) is 0.410. The number of amides is 2. The fraction of sp³-hybridized carbons (Fsp3) is 0.133. The molecule has 0 aliphatic carbocycles. The fourth-order valence-electron chi connectivity index (χ4n) is 4.88. The molecule has 180 valence electrons. The number of nitrogens with zero attached hydrogens (tertiary/aromatic N) is 2. The maximum absolute atomic E-state index is 14.3. The molecule has 2 atom stereocenters. The molecule has 0 aromatic heterocycles. The van der Waals surface area contributed by atoms with Gasteiger partial charge in [-0.25, -0.2) is 8.78 Å². The van der Waals surface area contributed by atoms with Crippen LogP contribution in [0.3, 0.4) is 0 Å². The summed E-state index contributed by atoms with van der Waals surface area (Å²) in [7, 11) is 0. The summed E-state index contributed by atoms with van der Waals surface area (Å²) in [5, 5.41) is 0. The standard InChI is InChI=1S/C30H24F2N2O2/c1-20-17-28(34(25-14-8-13-24(32)19-25)29(35)21-9-3-2-4-10-21)26-15-5-6-16-27(26)33(20)30(36)22-11-7-12-23(31)18-22/h2-16,18-20,28H,17H2,1H3. The lowest BCUT2D eigenvalue weighted by molar-refractivity contribution is 0.0965. The predicted octanol–water partition coefficient (Wildman–Crippen LogP) is 6.79. The van der Waals surface area contributed by atoms with E-state index in [0.717, 1.165) is 5.56 Å². The minimum atomic E-state index is -0.484. The van der Waals surface area contributed by atoms with E-state index in [1.165, 1.54) is 30.3 Å². The van der Waals surface area contributed by atoms with Crippen molar-refractivity contribution >= 4 is 23.2 Å². The molecular formula is C30H24F2N2O2. The lowest BCUT2D eigenvalue weighted by Gasteiger charge is -2.43. The van der Waals surface area contributed by atoms with Gasteiger partial charge < -0.3 is 9.80 Å². The highest BCUT2D eigenvalue weighted by Crippen LogP contribution is 2.43. The highest BCUT2D eigenvalue weighted by molar-refractivity contribution is 6.09.